The van der Waals surface area contributed by atoms with Crippen LogP contribution in [0.5, 0.6) is 17.6 Å². The molecule has 13 heteroatoms. The molecule has 1 spiro atoms. The molecule has 2 aliphatic carbocycles. The highest BCUT2D eigenvalue weighted by atomic mass is 19.1. The zero-order valence-corrected chi connectivity index (χ0v) is 30.4. The van der Waals surface area contributed by atoms with E-state index in [9.17, 15) is 10.2 Å². The van der Waals surface area contributed by atoms with Crippen LogP contribution in [-0.2, 0) is 9.47 Å². The van der Waals surface area contributed by atoms with Crippen LogP contribution < -0.4 is 14.4 Å². The number of halogens is 2. The maximum atomic E-state index is 17.2. The number of piperidine rings is 1. The van der Waals surface area contributed by atoms with Gasteiger partial charge in [-0.2, -0.15) is 9.97 Å². The summed E-state index contributed by atoms with van der Waals surface area (Å²) >= 11 is 0. The number of pyridine rings is 1. The van der Waals surface area contributed by atoms with E-state index in [0.29, 0.717) is 43.0 Å². The van der Waals surface area contributed by atoms with Gasteiger partial charge in [-0.15, -0.1) is 0 Å². The molecule has 2 saturated carbocycles. The predicted octanol–water partition coefficient (Wildman–Crippen LogP) is 6.01. The summed E-state index contributed by atoms with van der Waals surface area (Å²) in [4.78, 5) is 18.8. The van der Waals surface area contributed by atoms with Crippen LogP contribution in [0.25, 0.3) is 32.9 Å². The van der Waals surface area contributed by atoms with Crippen LogP contribution in [-0.4, -0.2) is 108 Å². The van der Waals surface area contributed by atoms with Crippen molar-refractivity contribution in [1.82, 2.24) is 19.9 Å². The summed E-state index contributed by atoms with van der Waals surface area (Å²) in [6.45, 7) is 5.76. The van der Waals surface area contributed by atoms with Crippen molar-refractivity contribution in [2.24, 2.45) is 10.8 Å². The highest BCUT2D eigenvalue weighted by molar-refractivity contribution is 6.02. The maximum absolute atomic E-state index is 17.2. The van der Waals surface area contributed by atoms with E-state index in [-0.39, 0.29) is 69.2 Å². The molecule has 2 aromatic heterocycles. The minimum absolute atomic E-state index is 0.00353. The first kappa shape index (κ1) is 34.8. The molecule has 5 heterocycles. The molecular formula is C40H47F2N5O6. The van der Waals surface area contributed by atoms with Gasteiger partial charge >= 0.3 is 6.01 Å². The Morgan fingerprint density at radius 2 is 1.79 bits per heavy atom. The van der Waals surface area contributed by atoms with E-state index < -0.39 is 17.2 Å². The first-order valence-corrected chi connectivity index (χ1v) is 19.0. The lowest BCUT2D eigenvalue weighted by molar-refractivity contribution is -0.101. The second kappa shape index (κ2) is 13.1. The Morgan fingerprint density at radius 1 is 0.943 bits per heavy atom. The maximum Gasteiger partial charge on any atom is 0.319 e. The molecule has 11 nitrogen and oxygen atoms in total. The number of hydrogen-bond donors (Lipinski definition) is 2. The van der Waals surface area contributed by atoms with E-state index >= 15 is 8.78 Å². The van der Waals surface area contributed by atoms with Crippen molar-refractivity contribution < 1.29 is 37.9 Å². The standard InChI is InChI=1S/C40H47F2N5O6/c1-38(49)20-46(15-17-52-21-38)35-31-34(32(42)33(43-36(31)50-2)26-19-25(48)18-24-6-3-7-27(41)30(24)26)44-37(45-35)53-23-39-10-4-8-28(39)47(14-5-11-39)29-9-12-40(29)13-16-51-22-40/h3,6-7,18-19,28-29,48-49H,4-5,8-17,20-23H2,1-2H3/t28-,29?,38+,39-,40?/m1/s1. The number of methoxy groups -OCH3 is 1. The Kier molecular flexibility index (Phi) is 8.64. The van der Waals surface area contributed by atoms with E-state index in [1.807, 2.05) is 4.90 Å². The summed E-state index contributed by atoms with van der Waals surface area (Å²) in [7, 11) is 1.42. The summed E-state index contributed by atoms with van der Waals surface area (Å²) in [5.74, 6) is -1.29. The lowest BCUT2D eigenvalue weighted by Crippen LogP contribution is -2.63. The lowest BCUT2D eigenvalue weighted by atomic mass is 9.61. The summed E-state index contributed by atoms with van der Waals surface area (Å²) in [6.07, 6.45) is 8.92. The number of nitrogens with zero attached hydrogens (tertiary/aromatic N) is 5. The first-order valence-electron chi connectivity index (χ1n) is 19.0. The third-order valence-corrected chi connectivity index (χ3v) is 12.8. The number of aliphatic hydroxyl groups is 1. The van der Waals surface area contributed by atoms with Gasteiger partial charge in [0.2, 0.25) is 5.88 Å². The van der Waals surface area contributed by atoms with Crippen LogP contribution in [0.1, 0.15) is 58.3 Å². The number of hydrogen-bond acceptors (Lipinski definition) is 11. The largest absolute Gasteiger partial charge is 0.508 e. The SMILES string of the molecule is COc1nc(-c2cc(O)cc3cccc(F)c23)c(F)c2nc(OC[C@]34CCC[C@H]3N(C3CCC35CCOC5)CCC4)nc(N3CCOC[C@@](C)(O)C3)c12. The molecule has 0 amide bonds. The van der Waals surface area contributed by atoms with E-state index in [1.165, 1.54) is 44.2 Å². The molecule has 0 bridgehead atoms. The molecule has 4 aromatic rings. The molecule has 5 atom stereocenters. The number of phenols is 1. The highest BCUT2D eigenvalue weighted by Gasteiger charge is 2.57. The van der Waals surface area contributed by atoms with E-state index in [2.05, 4.69) is 9.88 Å². The van der Waals surface area contributed by atoms with E-state index in [0.717, 1.165) is 58.3 Å². The van der Waals surface area contributed by atoms with Gasteiger partial charge in [-0.1, -0.05) is 18.6 Å². The zero-order valence-electron chi connectivity index (χ0n) is 30.4. The molecule has 3 saturated heterocycles. The predicted molar refractivity (Wildman–Crippen MR) is 194 cm³/mol. The molecule has 9 rings (SSSR count). The van der Waals surface area contributed by atoms with E-state index in [4.69, 9.17) is 28.9 Å². The molecule has 5 fully saturated rings. The second-order valence-electron chi connectivity index (χ2n) is 16.3. The van der Waals surface area contributed by atoms with Crippen LogP contribution in [0.15, 0.2) is 30.3 Å². The Hall–Kier alpha value is -3.91. The molecule has 53 heavy (non-hydrogen) atoms. The molecule has 2 N–H and O–H groups in total. The first-order chi connectivity index (χ1) is 25.6. The van der Waals surface area contributed by atoms with Crippen molar-refractivity contribution in [1.29, 1.82) is 0 Å². The number of benzene rings is 2. The van der Waals surface area contributed by atoms with Crippen molar-refractivity contribution in [2.45, 2.75) is 76.0 Å². The number of phenolic OH excluding ortho intramolecular Hbond substituents is 1. The van der Waals surface area contributed by atoms with Crippen LogP contribution in [0.2, 0.25) is 0 Å². The second-order valence-corrected chi connectivity index (χ2v) is 16.3. The van der Waals surface area contributed by atoms with Gasteiger partial charge in [0.15, 0.2) is 5.82 Å². The van der Waals surface area contributed by atoms with Gasteiger partial charge in [-0.3, -0.25) is 4.90 Å². The summed E-state index contributed by atoms with van der Waals surface area (Å²) in [5.41, 5.74) is -1.34. The van der Waals surface area contributed by atoms with Gasteiger partial charge in [-0.05, 0) is 82.0 Å². The van der Waals surface area contributed by atoms with Gasteiger partial charge < -0.3 is 34.1 Å². The Morgan fingerprint density at radius 3 is 2.58 bits per heavy atom. The Balaban J connectivity index is 1.15. The molecule has 5 aliphatic rings. The van der Waals surface area contributed by atoms with Gasteiger partial charge in [0.05, 0.1) is 40.1 Å². The summed E-state index contributed by atoms with van der Waals surface area (Å²) < 4.78 is 56.6. The highest BCUT2D eigenvalue weighted by Crippen LogP contribution is 2.56. The fourth-order valence-electron chi connectivity index (χ4n) is 10.3. The van der Waals surface area contributed by atoms with Crippen molar-refractivity contribution in [3.8, 4) is 28.9 Å². The number of aromatic hydroxyl groups is 1. The fraction of sp³-hybridized carbons (Fsp3) is 0.575. The zero-order chi connectivity index (χ0) is 36.5. The van der Waals surface area contributed by atoms with Crippen molar-refractivity contribution in [3.63, 3.8) is 0 Å². The third kappa shape index (κ3) is 5.86. The number of aromatic nitrogens is 3. The molecule has 2 aromatic carbocycles. The van der Waals surface area contributed by atoms with E-state index in [1.54, 1.807) is 13.0 Å². The van der Waals surface area contributed by atoms with Crippen LogP contribution in [0.3, 0.4) is 0 Å². The van der Waals surface area contributed by atoms with Crippen LogP contribution in [0.4, 0.5) is 14.6 Å². The van der Waals surface area contributed by atoms with Crippen molar-refractivity contribution >= 4 is 27.5 Å². The van der Waals surface area contributed by atoms with Gasteiger partial charge in [0.1, 0.15) is 39.6 Å². The van der Waals surface area contributed by atoms with Crippen LogP contribution >= 0.6 is 0 Å². The van der Waals surface area contributed by atoms with Gasteiger partial charge in [0, 0.05) is 47.0 Å². The molecule has 0 radical (unpaired) electrons. The minimum Gasteiger partial charge on any atom is -0.508 e. The van der Waals surface area contributed by atoms with Crippen molar-refractivity contribution in [3.05, 3.63) is 42.0 Å². The topological polar surface area (TPSA) is 123 Å². The number of anilines is 1. The van der Waals surface area contributed by atoms with Crippen LogP contribution in [0, 0.1) is 22.5 Å². The molecular weight excluding hydrogens is 684 g/mol. The molecule has 282 valence electrons. The average molecular weight is 732 g/mol. The number of likely N-dealkylation sites (tertiary alicyclic amines) is 1. The van der Waals surface area contributed by atoms with Gasteiger partial charge in [0.25, 0.3) is 0 Å². The summed E-state index contributed by atoms with van der Waals surface area (Å²) in [6, 6.07) is 8.08. The Bertz CT molecular complexity index is 2060. The number of fused-ring (bicyclic) bond motifs is 3. The minimum atomic E-state index is -1.23. The summed E-state index contributed by atoms with van der Waals surface area (Å²) in [5, 5.41) is 22.5. The number of ether oxygens (including phenoxy) is 4. The molecule has 2 unspecified atom stereocenters. The van der Waals surface area contributed by atoms with Crippen molar-refractivity contribution in [2.75, 3.05) is 64.7 Å². The fourth-order valence-corrected chi connectivity index (χ4v) is 10.3. The van der Waals surface area contributed by atoms with Gasteiger partial charge in [-0.25, -0.2) is 13.8 Å². The smallest absolute Gasteiger partial charge is 0.319 e. The lowest BCUT2D eigenvalue weighted by Gasteiger charge is -2.58. The monoisotopic (exact) mass is 731 g/mol. The Labute approximate surface area is 307 Å². The normalized spacial score (nSPS) is 30.5. The quantitative estimate of drug-likeness (QED) is 0.233. The number of β-amino-alcohol motifs (C(OH)–C–C–N with tert-alkyl or cyclic N) is 1. The average Bonchev–Trinajstić information content (AvgIpc) is 3.78. The third-order valence-electron chi connectivity index (χ3n) is 12.8. The number of rotatable bonds is 7. The molecule has 3 aliphatic heterocycles.